The summed E-state index contributed by atoms with van der Waals surface area (Å²) >= 11 is 0. The zero-order valence-electron chi connectivity index (χ0n) is 11.3. The Balaban J connectivity index is 2.12. The number of hydrogen-bond acceptors (Lipinski definition) is 3. The van der Waals surface area contributed by atoms with Gasteiger partial charge in [0.05, 0.1) is 6.54 Å². The lowest BCUT2D eigenvalue weighted by molar-refractivity contribution is 0.526. The van der Waals surface area contributed by atoms with Crippen molar-refractivity contribution in [3.8, 4) is 0 Å². The average Bonchev–Trinajstić information content (AvgIpc) is 2.77. The molecule has 1 aromatic rings. The molecule has 0 spiro atoms. The molecule has 1 aromatic heterocycles. The third-order valence-corrected chi connectivity index (χ3v) is 2.78. The molecule has 0 unspecified atom stereocenters. The predicted molar refractivity (Wildman–Crippen MR) is 70.8 cm³/mol. The third kappa shape index (κ3) is 6.41. The zero-order chi connectivity index (χ0) is 12.3. The Kier molecular flexibility index (Phi) is 7.63. The predicted octanol–water partition coefficient (Wildman–Crippen LogP) is 2.75. The Morgan fingerprint density at radius 1 is 1.12 bits per heavy atom. The van der Waals surface area contributed by atoms with Crippen LogP contribution in [0, 0.1) is 0 Å². The maximum atomic E-state index is 4.44. The molecule has 1 N–H and O–H groups in total. The Labute approximate surface area is 105 Å². The van der Waals surface area contributed by atoms with Crippen molar-refractivity contribution in [2.75, 3.05) is 6.54 Å². The van der Waals surface area contributed by atoms with Gasteiger partial charge in [-0.2, -0.15) is 5.10 Å². The van der Waals surface area contributed by atoms with Crippen molar-refractivity contribution in [2.24, 2.45) is 0 Å². The van der Waals surface area contributed by atoms with E-state index in [1.807, 2.05) is 11.0 Å². The maximum absolute atomic E-state index is 4.44. The molecule has 0 aliphatic carbocycles. The van der Waals surface area contributed by atoms with E-state index in [9.17, 15) is 0 Å². The number of nitrogens with one attached hydrogen (secondary N) is 1. The highest BCUT2D eigenvalue weighted by molar-refractivity contribution is 4.80. The van der Waals surface area contributed by atoms with E-state index in [-0.39, 0.29) is 0 Å². The van der Waals surface area contributed by atoms with Crippen molar-refractivity contribution in [3.05, 3.63) is 12.2 Å². The molecule has 0 amide bonds. The van der Waals surface area contributed by atoms with Crippen molar-refractivity contribution in [2.45, 2.75) is 65.5 Å². The van der Waals surface area contributed by atoms with Crippen LogP contribution < -0.4 is 5.32 Å². The topological polar surface area (TPSA) is 42.7 Å². The highest BCUT2D eigenvalue weighted by Gasteiger charge is 1.99. The van der Waals surface area contributed by atoms with Crippen molar-refractivity contribution in [3.63, 3.8) is 0 Å². The van der Waals surface area contributed by atoms with E-state index in [2.05, 4.69) is 29.2 Å². The lowest BCUT2D eigenvalue weighted by Crippen LogP contribution is -2.15. The fourth-order valence-electron chi connectivity index (χ4n) is 1.78. The number of nitrogens with zero attached hydrogens (tertiary/aromatic N) is 3. The van der Waals surface area contributed by atoms with Gasteiger partial charge in [0.25, 0.3) is 0 Å². The van der Waals surface area contributed by atoms with Crippen LogP contribution in [0.2, 0.25) is 0 Å². The van der Waals surface area contributed by atoms with E-state index in [0.29, 0.717) is 0 Å². The fourth-order valence-corrected chi connectivity index (χ4v) is 1.78. The standard InChI is InChI=1S/C13H26N4/c1-3-5-6-7-8-10-17-12-15-13(16-17)11-14-9-4-2/h12,14H,3-11H2,1-2H3. The first-order valence-electron chi connectivity index (χ1n) is 6.95. The number of aromatic nitrogens is 3. The molecule has 0 saturated carbocycles. The van der Waals surface area contributed by atoms with E-state index < -0.39 is 0 Å². The van der Waals surface area contributed by atoms with Gasteiger partial charge >= 0.3 is 0 Å². The van der Waals surface area contributed by atoms with Gasteiger partial charge < -0.3 is 5.32 Å². The summed E-state index contributed by atoms with van der Waals surface area (Å²) in [6, 6.07) is 0. The quantitative estimate of drug-likeness (QED) is 0.637. The molecular weight excluding hydrogens is 212 g/mol. The van der Waals surface area contributed by atoms with Gasteiger partial charge in [0.15, 0.2) is 5.82 Å². The first-order chi connectivity index (χ1) is 8.36. The number of aryl methyl sites for hydroxylation is 1. The molecular formula is C13H26N4. The summed E-state index contributed by atoms with van der Waals surface area (Å²) in [7, 11) is 0. The first kappa shape index (κ1) is 14.2. The molecule has 0 saturated heterocycles. The Morgan fingerprint density at radius 3 is 2.71 bits per heavy atom. The molecule has 98 valence electrons. The van der Waals surface area contributed by atoms with E-state index >= 15 is 0 Å². The number of unbranched alkanes of at least 4 members (excludes halogenated alkanes) is 4. The minimum absolute atomic E-state index is 0.788. The monoisotopic (exact) mass is 238 g/mol. The van der Waals surface area contributed by atoms with Gasteiger partial charge in [-0.15, -0.1) is 0 Å². The Hall–Kier alpha value is -0.900. The lowest BCUT2D eigenvalue weighted by Gasteiger charge is -2.00. The van der Waals surface area contributed by atoms with Crippen LogP contribution in [-0.4, -0.2) is 21.3 Å². The fraction of sp³-hybridized carbons (Fsp3) is 0.846. The second kappa shape index (κ2) is 9.16. The molecule has 0 bridgehead atoms. The minimum atomic E-state index is 0.788. The van der Waals surface area contributed by atoms with E-state index in [4.69, 9.17) is 0 Å². The Bertz CT molecular complexity index is 283. The largest absolute Gasteiger partial charge is 0.310 e. The summed E-state index contributed by atoms with van der Waals surface area (Å²) in [4.78, 5) is 4.29. The lowest BCUT2D eigenvalue weighted by atomic mass is 10.1. The summed E-state index contributed by atoms with van der Waals surface area (Å²) in [5.41, 5.74) is 0. The van der Waals surface area contributed by atoms with E-state index in [0.717, 1.165) is 31.9 Å². The molecule has 4 heteroatoms. The molecule has 1 heterocycles. The minimum Gasteiger partial charge on any atom is -0.310 e. The van der Waals surface area contributed by atoms with Crippen LogP contribution in [-0.2, 0) is 13.1 Å². The van der Waals surface area contributed by atoms with E-state index in [1.54, 1.807) is 0 Å². The molecule has 0 fully saturated rings. The number of rotatable bonds is 10. The van der Waals surface area contributed by atoms with Gasteiger partial charge in [0, 0.05) is 6.54 Å². The van der Waals surface area contributed by atoms with Gasteiger partial charge in [-0.05, 0) is 19.4 Å². The summed E-state index contributed by atoms with van der Waals surface area (Å²) in [5.74, 6) is 0.909. The van der Waals surface area contributed by atoms with Crippen LogP contribution in [0.5, 0.6) is 0 Å². The SMILES string of the molecule is CCCCCCCn1cnc(CNCCC)n1. The van der Waals surface area contributed by atoms with Gasteiger partial charge in [-0.25, -0.2) is 4.98 Å². The van der Waals surface area contributed by atoms with Gasteiger partial charge in [-0.3, -0.25) is 4.68 Å². The van der Waals surface area contributed by atoms with Gasteiger partial charge in [0.1, 0.15) is 6.33 Å². The highest BCUT2D eigenvalue weighted by Crippen LogP contribution is 2.03. The summed E-state index contributed by atoms with van der Waals surface area (Å²) in [6.07, 6.45) is 9.51. The smallest absolute Gasteiger partial charge is 0.164 e. The van der Waals surface area contributed by atoms with Gasteiger partial charge in [0.2, 0.25) is 0 Å². The van der Waals surface area contributed by atoms with E-state index in [1.165, 1.54) is 32.1 Å². The van der Waals surface area contributed by atoms with Crippen LogP contribution in [0.4, 0.5) is 0 Å². The second-order valence-electron chi connectivity index (χ2n) is 4.51. The van der Waals surface area contributed by atoms with Crippen molar-refractivity contribution in [1.29, 1.82) is 0 Å². The van der Waals surface area contributed by atoms with Crippen LogP contribution in [0.3, 0.4) is 0 Å². The molecule has 0 radical (unpaired) electrons. The van der Waals surface area contributed by atoms with Crippen molar-refractivity contribution in [1.82, 2.24) is 20.1 Å². The van der Waals surface area contributed by atoms with Gasteiger partial charge in [-0.1, -0.05) is 39.5 Å². The van der Waals surface area contributed by atoms with Crippen LogP contribution in [0.1, 0.15) is 58.2 Å². The van der Waals surface area contributed by atoms with Crippen LogP contribution >= 0.6 is 0 Å². The summed E-state index contributed by atoms with van der Waals surface area (Å²) < 4.78 is 1.97. The Morgan fingerprint density at radius 2 is 1.94 bits per heavy atom. The normalized spacial score (nSPS) is 10.9. The zero-order valence-corrected chi connectivity index (χ0v) is 11.3. The first-order valence-corrected chi connectivity index (χ1v) is 6.95. The van der Waals surface area contributed by atoms with Crippen molar-refractivity contribution >= 4 is 0 Å². The molecule has 4 nitrogen and oxygen atoms in total. The molecule has 0 aliphatic heterocycles. The molecule has 0 atom stereocenters. The summed E-state index contributed by atoms with van der Waals surface area (Å²) in [6.45, 7) is 7.23. The summed E-state index contributed by atoms with van der Waals surface area (Å²) in [5, 5.41) is 7.75. The third-order valence-electron chi connectivity index (χ3n) is 2.78. The average molecular weight is 238 g/mol. The maximum Gasteiger partial charge on any atom is 0.164 e. The van der Waals surface area contributed by atoms with Crippen molar-refractivity contribution < 1.29 is 0 Å². The molecule has 1 rings (SSSR count). The van der Waals surface area contributed by atoms with Crippen LogP contribution in [0.15, 0.2) is 6.33 Å². The number of hydrogen-bond donors (Lipinski definition) is 1. The molecule has 0 aromatic carbocycles. The molecule has 0 aliphatic rings. The second-order valence-corrected chi connectivity index (χ2v) is 4.51. The molecule has 17 heavy (non-hydrogen) atoms. The van der Waals surface area contributed by atoms with Crippen LogP contribution in [0.25, 0.3) is 0 Å². The highest BCUT2D eigenvalue weighted by atomic mass is 15.3.